The summed E-state index contributed by atoms with van der Waals surface area (Å²) in [5, 5.41) is 6.98. The van der Waals surface area contributed by atoms with Gasteiger partial charge in [-0.15, -0.1) is 0 Å². The molecule has 2 atom stereocenters. The number of carbonyl (C=O) groups excluding carboxylic acids is 1. The lowest BCUT2D eigenvalue weighted by Crippen LogP contribution is -2.55. The van der Waals surface area contributed by atoms with Gasteiger partial charge in [-0.3, -0.25) is 14.8 Å². The Morgan fingerprint density at radius 3 is 2.44 bits per heavy atom. The third-order valence-electron chi connectivity index (χ3n) is 5.20. The zero-order valence-electron chi connectivity index (χ0n) is 15.6. The van der Waals surface area contributed by atoms with Gasteiger partial charge in [0.25, 0.3) is 5.91 Å². The van der Waals surface area contributed by atoms with E-state index in [4.69, 9.17) is 0 Å². The van der Waals surface area contributed by atoms with Gasteiger partial charge in [-0.1, -0.05) is 44.2 Å². The molecule has 134 valence electrons. The van der Waals surface area contributed by atoms with Crippen LogP contribution in [0.25, 0.3) is 0 Å². The van der Waals surface area contributed by atoms with Crippen LogP contribution in [0.1, 0.15) is 35.6 Å². The number of hydrogen-bond acceptors (Lipinski definition) is 3. The lowest BCUT2D eigenvalue weighted by atomic mass is 9.84. The van der Waals surface area contributed by atoms with Crippen molar-refractivity contribution in [2.75, 3.05) is 20.1 Å². The van der Waals surface area contributed by atoms with Crippen LogP contribution < -0.4 is 0 Å². The second kappa shape index (κ2) is 7.40. The average molecular weight is 340 g/mol. The van der Waals surface area contributed by atoms with Gasteiger partial charge in [0.05, 0.1) is 0 Å². The summed E-state index contributed by atoms with van der Waals surface area (Å²) >= 11 is 0. The molecule has 0 bridgehead atoms. The summed E-state index contributed by atoms with van der Waals surface area (Å²) in [6.07, 6.45) is 0. The molecule has 1 aromatic carbocycles. The third kappa shape index (κ3) is 3.93. The highest BCUT2D eigenvalue weighted by molar-refractivity contribution is 5.92. The molecule has 1 N–H and O–H groups in total. The zero-order valence-corrected chi connectivity index (χ0v) is 15.6. The Hall–Kier alpha value is -2.14. The number of nitrogens with one attached hydrogen (secondary N) is 1. The Bertz CT molecular complexity index is 699. The molecule has 2 aromatic rings. The van der Waals surface area contributed by atoms with Crippen molar-refractivity contribution in [2.45, 2.75) is 33.4 Å². The van der Waals surface area contributed by atoms with E-state index in [0.29, 0.717) is 17.5 Å². The van der Waals surface area contributed by atoms with E-state index in [9.17, 15) is 4.79 Å². The van der Waals surface area contributed by atoms with Crippen molar-refractivity contribution in [1.29, 1.82) is 0 Å². The first kappa shape index (κ1) is 17.7. The van der Waals surface area contributed by atoms with Crippen LogP contribution in [0.4, 0.5) is 0 Å². The van der Waals surface area contributed by atoms with E-state index in [1.165, 1.54) is 5.56 Å². The van der Waals surface area contributed by atoms with E-state index < -0.39 is 0 Å². The number of aromatic nitrogens is 2. The minimum Gasteiger partial charge on any atom is -0.337 e. The van der Waals surface area contributed by atoms with E-state index in [-0.39, 0.29) is 11.9 Å². The normalized spacial score (nSPS) is 24.2. The molecular formula is C20H28N4O. The van der Waals surface area contributed by atoms with Gasteiger partial charge in [0.1, 0.15) is 5.69 Å². The molecular weight excluding hydrogens is 312 g/mol. The number of aromatic amines is 1. The Kier molecular flexibility index (Phi) is 5.23. The van der Waals surface area contributed by atoms with Crippen LogP contribution in [-0.4, -0.2) is 52.1 Å². The summed E-state index contributed by atoms with van der Waals surface area (Å²) in [6, 6.07) is 12.6. The highest BCUT2D eigenvalue weighted by Crippen LogP contribution is 2.28. The SMILES string of the molecule is Cc1cc(C(=O)N(C)C2C(C)CN(Cc3ccccc3)CC2C)n[nH]1. The van der Waals surface area contributed by atoms with E-state index >= 15 is 0 Å². The summed E-state index contributed by atoms with van der Waals surface area (Å²) in [6.45, 7) is 9.38. The fraction of sp³-hybridized carbons (Fsp3) is 0.500. The molecule has 0 spiro atoms. The predicted molar refractivity (Wildman–Crippen MR) is 99.3 cm³/mol. The largest absolute Gasteiger partial charge is 0.337 e. The highest BCUT2D eigenvalue weighted by Gasteiger charge is 2.36. The summed E-state index contributed by atoms with van der Waals surface area (Å²) < 4.78 is 0. The Balaban J connectivity index is 1.66. The van der Waals surface area contributed by atoms with Crippen LogP contribution in [0.5, 0.6) is 0 Å². The number of aryl methyl sites for hydroxylation is 1. The molecule has 1 saturated heterocycles. The molecule has 0 radical (unpaired) electrons. The number of amides is 1. The van der Waals surface area contributed by atoms with Crippen LogP contribution in [0.2, 0.25) is 0 Å². The summed E-state index contributed by atoms with van der Waals surface area (Å²) in [5.41, 5.74) is 2.76. The molecule has 1 aliphatic heterocycles. The molecule has 5 heteroatoms. The van der Waals surface area contributed by atoms with Crippen molar-refractivity contribution in [3.63, 3.8) is 0 Å². The molecule has 0 saturated carbocycles. The van der Waals surface area contributed by atoms with Gasteiger partial charge in [0.2, 0.25) is 0 Å². The fourth-order valence-electron chi connectivity index (χ4n) is 4.24. The van der Waals surface area contributed by atoms with Gasteiger partial charge in [0.15, 0.2) is 0 Å². The molecule has 2 heterocycles. The van der Waals surface area contributed by atoms with Crippen LogP contribution in [0.3, 0.4) is 0 Å². The van der Waals surface area contributed by atoms with E-state index in [1.807, 2.05) is 24.9 Å². The monoisotopic (exact) mass is 340 g/mol. The quantitative estimate of drug-likeness (QED) is 0.931. The van der Waals surface area contributed by atoms with Gasteiger partial charge in [0, 0.05) is 38.4 Å². The first-order valence-electron chi connectivity index (χ1n) is 9.01. The standard InChI is InChI=1S/C20H28N4O/c1-14-11-24(13-17-8-6-5-7-9-17)12-15(2)19(14)23(4)20(25)18-10-16(3)21-22-18/h5-10,14-15,19H,11-13H2,1-4H3,(H,21,22). The molecule has 5 nitrogen and oxygen atoms in total. The van der Waals surface area contributed by atoms with Gasteiger partial charge < -0.3 is 4.90 Å². The maximum atomic E-state index is 12.8. The topological polar surface area (TPSA) is 52.2 Å². The molecule has 1 fully saturated rings. The van der Waals surface area contributed by atoms with Crippen molar-refractivity contribution in [3.8, 4) is 0 Å². The Morgan fingerprint density at radius 2 is 1.88 bits per heavy atom. The average Bonchev–Trinajstić information content (AvgIpc) is 3.01. The number of carbonyl (C=O) groups is 1. The minimum absolute atomic E-state index is 0.00422. The number of rotatable bonds is 4. The van der Waals surface area contributed by atoms with Gasteiger partial charge in [-0.2, -0.15) is 5.10 Å². The second-order valence-corrected chi connectivity index (χ2v) is 7.48. The maximum absolute atomic E-state index is 12.8. The van der Waals surface area contributed by atoms with Crippen molar-refractivity contribution in [1.82, 2.24) is 20.0 Å². The lowest BCUT2D eigenvalue weighted by molar-refractivity contribution is 0.0267. The predicted octanol–water partition coefficient (Wildman–Crippen LogP) is 2.95. The smallest absolute Gasteiger partial charge is 0.274 e. The number of piperidine rings is 1. The van der Waals surface area contributed by atoms with Gasteiger partial charge >= 0.3 is 0 Å². The molecule has 0 aliphatic carbocycles. The lowest BCUT2D eigenvalue weighted by Gasteiger charge is -2.45. The van der Waals surface area contributed by atoms with Crippen molar-refractivity contribution < 1.29 is 4.79 Å². The molecule has 3 rings (SSSR count). The van der Waals surface area contributed by atoms with Gasteiger partial charge in [-0.05, 0) is 30.4 Å². The first-order chi connectivity index (χ1) is 12.0. The summed E-state index contributed by atoms with van der Waals surface area (Å²) in [7, 11) is 1.91. The van der Waals surface area contributed by atoms with Crippen LogP contribution in [-0.2, 0) is 6.54 Å². The van der Waals surface area contributed by atoms with Crippen LogP contribution >= 0.6 is 0 Å². The van der Waals surface area contributed by atoms with Crippen LogP contribution in [0.15, 0.2) is 36.4 Å². The fourth-order valence-corrected chi connectivity index (χ4v) is 4.24. The maximum Gasteiger partial charge on any atom is 0.274 e. The zero-order chi connectivity index (χ0) is 18.0. The number of benzene rings is 1. The first-order valence-corrected chi connectivity index (χ1v) is 9.01. The molecule has 25 heavy (non-hydrogen) atoms. The van der Waals surface area contributed by atoms with Crippen molar-refractivity contribution in [2.24, 2.45) is 11.8 Å². The Labute approximate surface area is 150 Å². The summed E-state index contributed by atoms with van der Waals surface area (Å²) in [4.78, 5) is 17.1. The molecule has 1 amide bonds. The van der Waals surface area contributed by atoms with Crippen molar-refractivity contribution >= 4 is 5.91 Å². The van der Waals surface area contributed by atoms with E-state index in [2.05, 4.69) is 59.3 Å². The Morgan fingerprint density at radius 1 is 1.24 bits per heavy atom. The van der Waals surface area contributed by atoms with Crippen LogP contribution in [0, 0.1) is 18.8 Å². The third-order valence-corrected chi connectivity index (χ3v) is 5.20. The van der Waals surface area contributed by atoms with E-state index in [0.717, 1.165) is 25.3 Å². The van der Waals surface area contributed by atoms with Gasteiger partial charge in [-0.25, -0.2) is 0 Å². The number of hydrogen-bond donors (Lipinski definition) is 1. The number of nitrogens with zero attached hydrogens (tertiary/aromatic N) is 3. The summed E-state index contributed by atoms with van der Waals surface area (Å²) in [5.74, 6) is 0.840. The molecule has 1 aliphatic rings. The highest BCUT2D eigenvalue weighted by atomic mass is 16.2. The second-order valence-electron chi connectivity index (χ2n) is 7.48. The molecule has 2 unspecified atom stereocenters. The molecule has 1 aromatic heterocycles. The number of likely N-dealkylation sites (tertiary alicyclic amines) is 1. The van der Waals surface area contributed by atoms with Crippen molar-refractivity contribution in [3.05, 3.63) is 53.3 Å². The number of H-pyrrole nitrogens is 1. The van der Waals surface area contributed by atoms with E-state index in [1.54, 1.807) is 0 Å². The minimum atomic E-state index is 0.00422.